The Morgan fingerprint density at radius 2 is 0.738 bits per heavy atom. The molecule has 7 heteroatoms. The van der Waals surface area contributed by atoms with Gasteiger partial charge in [0.1, 0.15) is 0 Å². The number of unbranched alkanes of at least 4 members (excludes halogenated alkanes) is 7. The summed E-state index contributed by atoms with van der Waals surface area (Å²) in [5, 5.41) is 67.6. The van der Waals surface area contributed by atoms with Gasteiger partial charge in [-0.1, -0.05) is 232 Å². The summed E-state index contributed by atoms with van der Waals surface area (Å²) in [6.07, 6.45) is 51.7. The van der Waals surface area contributed by atoms with Crippen LogP contribution in [-0.2, 0) is 0 Å². The zero-order valence-electron chi connectivity index (χ0n) is 59.0. The molecule has 21 atom stereocenters. The van der Waals surface area contributed by atoms with Crippen molar-refractivity contribution in [1.82, 2.24) is 0 Å². The van der Waals surface area contributed by atoms with Gasteiger partial charge >= 0.3 is 0 Å². The number of aliphatic hydroxyl groups is 7. The third-order valence-corrected chi connectivity index (χ3v) is 22.3. The van der Waals surface area contributed by atoms with E-state index < -0.39 is 0 Å². The minimum absolute atomic E-state index is 0.000278. The van der Waals surface area contributed by atoms with Gasteiger partial charge in [-0.05, 0) is 218 Å². The Bertz CT molecular complexity index is 1350. The fraction of sp³-hybridized carbons (Fsp3) is 1.00. The summed E-state index contributed by atoms with van der Waals surface area (Å²) in [6, 6.07) is 0. The van der Waals surface area contributed by atoms with Crippen LogP contribution in [0.4, 0.5) is 0 Å². The van der Waals surface area contributed by atoms with Crippen molar-refractivity contribution in [3.63, 3.8) is 0 Å². The van der Waals surface area contributed by atoms with Crippen LogP contribution >= 0.6 is 0 Å². The van der Waals surface area contributed by atoms with Gasteiger partial charge in [0.05, 0.1) is 42.7 Å². The topological polar surface area (TPSA) is 142 Å². The summed E-state index contributed by atoms with van der Waals surface area (Å²) in [5.41, 5.74) is 0. The Morgan fingerprint density at radius 3 is 1.31 bits per heavy atom. The molecule has 7 aliphatic carbocycles. The number of hydrogen-bond donors (Lipinski definition) is 7. The smallest absolute Gasteiger partial charge is 0.0593 e. The first-order valence-corrected chi connectivity index (χ1v) is 37.9. The van der Waals surface area contributed by atoms with Crippen molar-refractivity contribution in [2.45, 2.75) is 409 Å². The van der Waals surface area contributed by atoms with Gasteiger partial charge in [0.15, 0.2) is 0 Å². The number of hydrogen-bond acceptors (Lipinski definition) is 7. The fourth-order valence-corrected chi connectivity index (χ4v) is 16.2. The Morgan fingerprint density at radius 1 is 0.262 bits per heavy atom. The van der Waals surface area contributed by atoms with Crippen molar-refractivity contribution in [3.05, 3.63) is 0 Å². The highest BCUT2D eigenvalue weighted by Crippen LogP contribution is 2.38. The molecule has 7 aliphatic rings. The molecular formula is C77H154O7. The summed E-state index contributed by atoms with van der Waals surface area (Å²) in [4.78, 5) is 0. The van der Waals surface area contributed by atoms with Crippen molar-refractivity contribution >= 4 is 0 Å². The Hall–Kier alpha value is -0.280. The molecule has 0 radical (unpaired) electrons. The predicted molar refractivity (Wildman–Crippen MR) is 364 cm³/mol. The van der Waals surface area contributed by atoms with Gasteiger partial charge in [0, 0.05) is 0 Å². The van der Waals surface area contributed by atoms with Crippen LogP contribution in [0.25, 0.3) is 0 Å². The van der Waals surface area contributed by atoms with E-state index in [1.54, 1.807) is 0 Å². The van der Waals surface area contributed by atoms with Crippen LogP contribution in [0.3, 0.4) is 0 Å². The third kappa shape index (κ3) is 37.1. The molecule has 504 valence electrons. The second-order valence-corrected chi connectivity index (χ2v) is 30.5. The van der Waals surface area contributed by atoms with E-state index in [2.05, 4.69) is 96.9 Å². The lowest BCUT2D eigenvalue weighted by molar-refractivity contribution is 0.0206. The zero-order chi connectivity index (χ0) is 62.8. The van der Waals surface area contributed by atoms with E-state index in [9.17, 15) is 35.7 Å². The molecule has 21 unspecified atom stereocenters. The van der Waals surface area contributed by atoms with Gasteiger partial charge in [-0.3, -0.25) is 0 Å². The van der Waals surface area contributed by atoms with Gasteiger partial charge in [0.25, 0.3) is 0 Å². The summed E-state index contributed by atoms with van der Waals surface area (Å²) in [6.45, 7) is 31.6. The Kier molecular flexibility index (Phi) is 49.0. The quantitative estimate of drug-likeness (QED) is 0.0607. The summed E-state index contributed by atoms with van der Waals surface area (Å²) in [5.74, 6) is 10.2. The first-order valence-electron chi connectivity index (χ1n) is 37.9. The molecular weight excluding hydrogens is 1040 g/mol. The van der Waals surface area contributed by atoms with Crippen LogP contribution in [0.1, 0.15) is 367 Å². The van der Waals surface area contributed by atoms with Crippen molar-refractivity contribution in [2.24, 2.45) is 82.9 Å². The zero-order valence-corrected chi connectivity index (χ0v) is 59.0. The fourth-order valence-electron chi connectivity index (χ4n) is 16.2. The van der Waals surface area contributed by atoms with E-state index in [-0.39, 0.29) is 42.7 Å². The van der Waals surface area contributed by atoms with E-state index in [0.717, 1.165) is 111 Å². The van der Waals surface area contributed by atoms with Gasteiger partial charge < -0.3 is 35.7 Å². The second-order valence-electron chi connectivity index (χ2n) is 30.5. The minimum Gasteiger partial charge on any atom is -0.393 e. The molecule has 0 bridgehead atoms. The molecule has 0 amide bonds. The summed E-state index contributed by atoms with van der Waals surface area (Å²) >= 11 is 0. The molecule has 7 rings (SSSR count). The minimum atomic E-state index is -0.00898. The van der Waals surface area contributed by atoms with Crippen molar-refractivity contribution in [1.29, 1.82) is 0 Å². The molecule has 0 saturated heterocycles. The average Bonchev–Trinajstić information content (AvgIpc) is 3.51. The molecule has 84 heavy (non-hydrogen) atoms. The molecule has 7 fully saturated rings. The maximum absolute atomic E-state index is 9.86. The molecule has 7 nitrogen and oxygen atoms in total. The molecule has 7 saturated carbocycles. The van der Waals surface area contributed by atoms with Gasteiger partial charge in [0.2, 0.25) is 0 Å². The lowest BCUT2D eigenvalue weighted by atomic mass is 9.76. The molecule has 0 heterocycles. The van der Waals surface area contributed by atoms with Crippen LogP contribution in [0.5, 0.6) is 0 Å². The van der Waals surface area contributed by atoms with Crippen molar-refractivity contribution < 1.29 is 35.7 Å². The van der Waals surface area contributed by atoms with Crippen molar-refractivity contribution in [2.75, 3.05) is 0 Å². The van der Waals surface area contributed by atoms with Gasteiger partial charge in [-0.2, -0.15) is 0 Å². The third-order valence-electron chi connectivity index (χ3n) is 22.3. The number of aliphatic hydroxyl groups excluding tert-OH is 7. The number of rotatable bonds is 21. The van der Waals surface area contributed by atoms with E-state index in [1.807, 2.05) is 0 Å². The first-order chi connectivity index (χ1) is 40.2. The van der Waals surface area contributed by atoms with Crippen LogP contribution in [0, 0.1) is 82.9 Å². The molecule has 0 aromatic carbocycles. The highest BCUT2D eigenvalue weighted by molar-refractivity contribution is 4.83. The van der Waals surface area contributed by atoms with Crippen LogP contribution in [0.15, 0.2) is 0 Å². The van der Waals surface area contributed by atoms with E-state index in [1.165, 1.54) is 212 Å². The second kappa shape index (κ2) is 50.4. The SMILES string of the molecule is CCCCC1C(C)CCCC1O.CCCCC1CC(C)CC(O)C1.CCCCC1CC(C)CCC1O.CCCCC1CC(O)CCC1C.CCCCC1CCC(C)CC1O.CCCCC1CCC(O)CC1C.CCCCC1CCCC(C)C1O. The lowest BCUT2D eigenvalue weighted by Crippen LogP contribution is -2.31. The maximum Gasteiger partial charge on any atom is 0.0593 e. The van der Waals surface area contributed by atoms with Crippen LogP contribution in [-0.4, -0.2) is 78.5 Å². The monoisotopic (exact) mass is 1190 g/mol. The largest absolute Gasteiger partial charge is 0.393 e. The predicted octanol–water partition coefficient (Wildman–Crippen LogP) is 20.8. The maximum atomic E-state index is 9.86. The highest BCUT2D eigenvalue weighted by atomic mass is 16.3. The van der Waals surface area contributed by atoms with E-state index in [4.69, 9.17) is 0 Å². The van der Waals surface area contributed by atoms with Crippen LogP contribution < -0.4 is 0 Å². The summed E-state index contributed by atoms with van der Waals surface area (Å²) < 4.78 is 0. The van der Waals surface area contributed by atoms with Crippen LogP contribution in [0.2, 0.25) is 0 Å². The Balaban J connectivity index is 0.000000490. The highest BCUT2D eigenvalue weighted by Gasteiger charge is 2.32. The molecule has 0 aromatic heterocycles. The van der Waals surface area contributed by atoms with Crippen molar-refractivity contribution in [3.8, 4) is 0 Å². The van der Waals surface area contributed by atoms with E-state index in [0.29, 0.717) is 29.6 Å². The average molecular weight is 1190 g/mol. The molecule has 7 N–H and O–H groups in total. The molecule has 0 spiro atoms. The summed E-state index contributed by atoms with van der Waals surface area (Å²) in [7, 11) is 0. The molecule has 0 aromatic rings. The molecule has 0 aliphatic heterocycles. The normalized spacial score (nSPS) is 36.8. The van der Waals surface area contributed by atoms with Gasteiger partial charge in [-0.25, -0.2) is 0 Å². The Labute approximate surface area is 525 Å². The first kappa shape index (κ1) is 81.7. The standard InChI is InChI=1S/7C11H22O/c1-3-4-7-10-9(2)6-5-8-11(10)12;1-3-4-7-10-8-5-6-9(2)11(10)12;1-3-4-5-10-6-9(2)7-11(12)8-10;1-3-4-5-10-6-7-11(12)8-9(10)2;1-3-4-5-10-8-11(12)7-6-9(10)2;1-3-4-5-10-8-9(2)6-7-11(10)12;1-3-4-5-10-7-6-9(2)8-11(10)12/h7*9-12H,3-8H2,1-2H3. The van der Waals surface area contributed by atoms with E-state index >= 15 is 0 Å². The van der Waals surface area contributed by atoms with Gasteiger partial charge in [-0.15, -0.1) is 0 Å². The lowest BCUT2D eigenvalue weighted by Gasteiger charge is -2.33.